The second-order valence-electron chi connectivity index (χ2n) is 5.97. The van der Waals surface area contributed by atoms with Crippen LogP contribution in [0.3, 0.4) is 0 Å². The summed E-state index contributed by atoms with van der Waals surface area (Å²) in [5.41, 5.74) is 2.33. The van der Waals surface area contributed by atoms with Crippen molar-refractivity contribution in [1.29, 1.82) is 0 Å². The van der Waals surface area contributed by atoms with Gasteiger partial charge in [-0.2, -0.15) is 0 Å². The van der Waals surface area contributed by atoms with E-state index in [1.165, 1.54) is 23.5 Å². The molecule has 27 heavy (non-hydrogen) atoms. The molecule has 1 aromatic carbocycles. The summed E-state index contributed by atoms with van der Waals surface area (Å²) in [5.74, 6) is 0.424. The van der Waals surface area contributed by atoms with E-state index in [0.29, 0.717) is 18.7 Å². The van der Waals surface area contributed by atoms with Crippen LogP contribution in [0.15, 0.2) is 54.0 Å². The van der Waals surface area contributed by atoms with Gasteiger partial charge in [-0.25, -0.2) is 9.37 Å². The molecule has 1 amide bonds. The number of rotatable bonds is 6. The second-order valence-corrected chi connectivity index (χ2v) is 6.83. The van der Waals surface area contributed by atoms with E-state index in [-0.39, 0.29) is 18.1 Å². The number of carbonyl (C=O) groups excluding carboxylic acids is 1. The SMILES string of the molecule is O=C(Cc1csc(-c2ccc(F)cc2)n1)NCCc1nnc2ccccn12. The van der Waals surface area contributed by atoms with E-state index >= 15 is 0 Å². The maximum absolute atomic E-state index is 13.0. The molecule has 6 nitrogen and oxygen atoms in total. The smallest absolute Gasteiger partial charge is 0.226 e. The minimum absolute atomic E-state index is 0.0974. The van der Waals surface area contributed by atoms with Gasteiger partial charge in [0.1, 0.15) is 16.6 Å². The standard InChI is InChI=1S/C19H16FN5OS/c20-14-6-4-13(5-7-14)19-22-15(12-27-19)11-18(26)21-9-8-17-24-23-16-3-1-2-10-25(16)17/h1-7,10,12H,8-9,11H2,(H,21,26). The molecule has 0 saturated carbocycles. The van der Waals surface area contributed by atoms with Gasteiger partial charge in [0, 0.05) is 30.1 Å². The summed E-state index contributed by atoms with van der Waals surface area (Å²) in [6, 6.07) is 11.9. The van der Waals surface area contributed by atoms with E-state index in [2.05, 4.69) is 20.5 Å². The molecule has 0 bridgehead atoms. The van der Waals surface area contributed by atoms with Crippen LogP contribution in [0.25, 0.3) is 16.2 Å². The zero-order chi connectivity index (χ0) is 18.6. The van der Waals surface area contributed by atoms with Crippen LogP contribution in [-0.2, 0) is 17.6 Å². The van der Waals surface area contributed by atoms with Crippen molar-refractivity contribution in [2.24, 2.45) is 0 Å². The minimum atomic E-state index is -0.282. The number of halogens is 1. The van der Waals surface area contributed by atoms with Gasteiger partial charge < -0.3 is 5.32 Å². The Balaban J connectivity index is 1.31. The van der Waals surface area contributed by atoms with E-state index in [0.717, 1.165) is 22.0 Å². The molecule has 0 atom stereocenters. The lowest BCUT2D eigenvalue weighted by Crippen LogP contribution is -2.27. The molecule has 3 heterocycles. The van der Waals surface area contributed by atoms with Crippen molar-refractivity contribution in [3.63, 3.8) is 0 Å². The lowest BCUT2D eigenvalue weighted by molar-refractivity contribution is -0.120. The Kier molecular flexibility index (Phi) is 4.88. The number of amides is 1. The molecule has 0 aliphatic rings. The van der Waals surface area contributed by atoms with Gasteiger partial charge in [0.2, 0.25) is 5.91 Å². The quantitative estimate of drug-likeness (QED) is 0.557. The van der Waals surface area contributed by atoms with Crippen molar-refractivity contribution in [3.05, 3.63) is 71.4 Å². The highest BCUT2D eigenvalue weighted by atomic mass is 32.1. The molecule has 8 heteroatoms. The highest BCUT2D eigenvalue weighted by Gasteiger charge is 2.10. The number of carbonyl (C=O) groups is 1. The lowest BCUT2D eigenvalue weighted by atomic mass is 10.2. The fourth-order valence-electron chi connectivity index (χ4n) is 2.72. The number of fused-ring (bicyclic) bond motifs is 1. The summed E-state index contributed by atoms with van der Waals surface area (Å²) in [6.45, 7) is 0.476. The van der Waals surface area contributed by atoms with Gasteiger partial charge in [-0.1, -0.05) is 6.07 Å². The Morgan fingerprint density at radius 1 is 1.15 bits per heavy atom. The molecule has 4 aromatic rings. The molecule has 3 aromatic heterocycles. The molecule has 0 fully saturated rings. The first-order chi connectivity index (χ1) is 13.2. The van der Waals surface area contributed by atoms with Gasteiger partial charge in [-0.05, 0) is 36.4 Å². The highest BCUT2D eigenvalue weighted by molar-refractivity contribution is 7.13. The van der Waals surface area contributed by atoms with E-state index in [1.807, 2.05) is 34.2 Å². The predicted molar refractivity (Wildman–Crippen MR) is 101 cm³/mol. The van der Waals surface area contributed by atoms with E-state index in [1.54, 1.807) is 12.1 Å². The maximum atomic E-state index is 13.0. The molecule has 0 saturated heterocycles. The fourth-order valence-corrected chi connectivity index (χ4v) is 3.54. The van der Waals surface area contributed by atoms with Crippen LogP contribution in [0.4, 0.5) is 4.39 Å². The number of hydrogen-bond donors (Lipinski definition) is 1. The summed E-state index contributed by atoms with van der Waals surface area (Å²) >= 11 is 1.44. The molecular formula is C19H16FN5OS. The summed E-state index contributed by atoms with van der Waals surface area (Å²) in [5, 5.41) is 13.7. The number of hydrogen-bond acceptors (Lipinski definition) is 5. The number of nitrogens with one attached hydrogen (secondary N) is 1. The normalized spacial score (nSPS) is 11.0. The highest BCUT2D eigenvalue weighted by Crippen LogP contribution is 2.24. The summed E-state index contributed by atoms with van der Waals surface area (Å²) < 4.78 is 14.9. The Labute approximate surface area is 158 Å². The molecule has 0 aliphatic carbocycles. The number of benzene rings is 1. The van der Waals surface area contributed by atoms with Crippen LogP contribution in [0.1, 0.15) is 11.5 Å². The van der Waals surface area contributed by atoms with Crippen LogP contribution < -0.4 is 5.32 Å². The van der Waals surface area contributed by atoms with Crippen molar-refractivity contribution in [3.8, 4) is 10.6 Å². The fraction of sp³-hybridized carbons (Fsp3) is 0.158. The van der Waals surface area contributed by atoms with Crippen molar-refractivity contribution < 1.29 is 9.18 Å². The first-order valence-electron chi connectivity index (χ1n) is 8.45. The third kappa shape index (κ3) is 4.01. The molecule has 0 unspecified atom stereocenters. The zero-order valence-electron chi connectivity index (χ0n) is 14.3. The topological polar surface area (TPSA) is 72.2 Å². The summed E-state index contributed by atoms with van der Waals surface area (Å²) in [6.07, 6.45) is 2.70. The average Bonchev–Trinajstić information content (AvgIpc) is 3.30. The van der Waals surface area contributed by atoms with Gasteiger partial charge in [0.15, 0.2) is 5.65 Å². The Hall–Kier alpha value is -3.13. The molecule has 0 aliphatic heterocycles. The second kappa shape index (κ2) is 7.63. The first kappa shape index (κ1) is 17.3. The molecule has 0 radical (unpaired) electrons. The Bertz CT molecular complexity index is 1070. The average molecular weight is 381 g/mol. The number of nitrogens with zero attached hydrogens (tertiary/aromatic N) is 4. The number of thiazole rings is 1. The van der Waals surface area contributed by atoms with Crippen LogP contribution in [0.5, 0.6) is 0 Å². The third-order valence-corrected chi connectivity index (χ3v) is 4.98. The molecule has 0 spiro atoms. The predicted octanol–water partition coefficient (Wildman–Crippen LogP) is 2.89. The summed E-state index contributed by atoms with van der Waals surface area (Å²) in [7, 11) is 0. The van der Waals surface area contributed by atoms with Crippen molar-refractivity contribution in [2.45, 2.75) is 12.8 Å². The third-order valence-electron chi connectivity index (χ3n) is 4.04. The van der Waals surface area contributed by atoms with E-state index in [4.69, 9.17) is 0 Å². The zero-order valence-corrected chi connectivity index (χ0v) is 15.1. The Morgan fingerprint density at radius 3 is 2.85 bits per heavy atom. The van der Waals surface area contributed by atoms with Crippen molar-refractivity contribution in [2.75, 3.05) is 6.54 Å². The maximum Gasteiger partial charge on any atom is 0.226 e. The molecule has 4 rings (SSSR count). The minimum Gasteiger partial charge on any atom is -0.355 e. The Morgan fingerprint density at radius 2 is 2.00 bits per heavy atom. The van der Waals surface area contributed by atoms with Gasteiger partial charge in [0.25, 0.3) is 0 Å². The first-order valence-corrected chi connectivity index (χ1v) is 9.33. The van der Waals surface area contributed by atoms with Crippen LogP contribution in [0.2, 0.25) is 0 Å². The van der Waals surface area contributed by atoms with Gasteiger partial charge in [0.05, 0.1) is 12.1 Å². The number of pyridine rings is 1. The van der Waals surface area contributed by atoms with Crippen molar-refractivity contribution >= 4 is 22.9 Å². The van der Waals surface area contributed by atoms with E-state index in [9.17, 15) is 9.18 Å². The summed E-state index contributed by atoms with van der Waals surface area (Å²) in [4.78, 5) is 16.6. The number of aromatic nitrogens is 4. The van der Waals surface area contributed by atoms with Gasteiger partial charge >= 0.3 is 0 Å². The molecule has 136 valence electrons. The monoisotopic (exact) mass is 381 g/mol. The molecular weight excluding hydrogens is 365 g/mol. The van der Waals surface area contributed by atoms with Gasteiger partial charge in [-0.3, -0.25) is 9.20 Å². The van der Waals surface area contributed by atoms with Crippen LogP contribution in [-0.4, -0.2) is 32.0 Å². The van der Waals surface area contributed by atoms with Crippen LogP contribution >= 0.6 is 11.3 Å². The molecule has 1 N–H and O–H groups in total. The largest absolute Gasteiger partial charge is 0.355 e. The lowest BCUT2D eigenvalue weighted by Gasteiger charge is -2.03. The van der Waals surface area contributed by atoms with Crippen molar-refractivity contribution in [1.82, 2.24) is 24.9 Å². The van der Waals surface area contributed by atoms with Crippen LogP contribution in [0, 0.1) is 5.82 Å². The van der Waals surface area contributed by atoms with E-state index < -0.39 is 0 Å². The van der Waals surface area contributed by atoms with Gasteiger partial charge in [-0.15, -0.1) is 21.5 Å².